The van der Waals surface area contributed by atoms with Gasteiger partial charge in [-0.3, -0.25) is 0 Å². The van der Waals surface area contributed by atoms with Crippen molar-refractivity contribution < 1.29 is 4.39 Å². The molecular weight excluding hydrogens is 281 g/mol. The first-order valence-corrected chi connectivity index (χ1v) is 7.13. The smallest absolute Gasteiger partial charge is 0.137 e. The minimum absolute atomic E-state index is 0.183. The van der Waals surface area contributed by atoms with Crippen LogP contribution in [-0.4, -0.2) is 12.1 Å². The first-order valence-electron chi connectivity index (χ1n) is 6.34. The van der Waals surface area contributed by atoms with E-state index in [0.29, 0.717) is 4.47 Å². The molecule has 1 saturated heterocycles. The van der Waals surface area contributed by atoms with Gasteiger partial charge in [0.1, 0.15) is 5.82 Å². The molecule has 17 heavy (non-hydrogen) atoms. The SMILES string of the molecule is CCCC1(Cc2ccc(F)c(Br)c2)CCCN1. The zero-order valence-corrected chi connectivity index (χ0v) is 11.8. The molecule has 3 heteroatoms. The summed E-state index contributed by atoms with van der Waals surface area (Å²) < 4.78 is 13.8. The number of hydrogen-bond acceptors (Lipinski definition) is 1. The van der Waals surface area contributed by atoms with Gasteiger partial charge in [-0.25, -0.2) is 4.39 Å². The third-order valence-electron chi connectivity index (χ3n) is 3.59. The largest absolute Gasteiger partial charge is 0.311 e. The average molecular weight is 300 g/mol. The van der Waals surface area contributed by atoms with Gasteiger partial charge in [0, 0.05) is 5.54 Å². The predicted molar refractivity (Wildman–Crippen MR) is 72.7 cm³/mol. The van der Waals surface area contributed by atoms with Crippen molar-refractivity contribution in [2.24, 2.45) is 0 Å². The Kier molecular flexibility index (Phi) is 4.21. The summed E-state index contributed by atoms with van der Waals surface area (Å²) in [6, 6.07) is 5.36. The highest BCUT2D eigenvalue weighted by Crippen LogP contribution is 2.30. The lowest BCUT2D eigenvalue weighted by molar-refractivity contribution is 0.341. The summed E-state index contributed by atoms with van der Waals surface area (Å²) in [4.78, 5) is 0. The van der Waals surface area contributed by atoms with Crippen LogP contribution in [0.2, 0.25) is 0 Å². The Morgan fingerprint density at radius 3 is 2.88 bits per heavy atom. The summed E-state index contributed by atoms with van der Waals surface area (Å²) in [5.74, 6) is -0.183. The lowest BCUT2D eigenvalue weighted by Crippen LogP contribution is -2.41. The van der Waals surface area contributed by atoms with Crippen LogP contribution in [0.1, 0.15) is 38.2 Å². The van der Waals surface area contributed by atoms with Gasteiger partial charge >= 0.3 is 0 Å². The second-order valence-corrected chi connectivity index (χ2v) is 5.84. The molecular formula is C14H19BrFN. The molecule has 1 aliphatic heterocycles. The molecule has 0 amide bonds. The van der Waals surface area contributed by atoms with Crippen LogP contribution in [0.15, 0.2) is 22.7 Å². The molecule has 1 heterocycles. The fourth-order valence-corrected chi connectivity index (χ4v) is 3.27. The molecule has 1 aromatic carbocycles. The lowest BCUT2D eigenvalue weighted by atomic mass is 9.85. The third kappa shape index (κ3) is 3.08. The molecule has 1 unspecified atom stereocenters. The molecule has 1 nitrogen and oxygen atoms in total. The first-order chi connectivity index (χ1) is 8.15. The number of hydrogen-bond donors (Lipinski definition) is 1. The van der Waals surface area contributed by atoms with E-state index in [2.05, 4.69) is 28.2 Å². The summed E-state index contributed by atoms with van der Waals surface area (Å²) >= 11 is 3.26. The molecule has 1 aromatic rings. The van der Waals surface area contributed by atoms with Crippen molar-refractivity contribution in [2.45, 2.75) is 44.6 Å². The van der Waals surface area contributed by atoms with E-state index in [1.165, 1.54) is 31.2 Å². The second kappa shape index (κ2) is 5.49. The van der Waals surface area contributed by atoms with Gasteiger partial charge in [0.25, 0.3) is 0 Å². The monoisotopic (exact) mass is 299 g/mol. The standard InChI is InChI=1S/C14H19BrFN/c1-2-6-14(7-3-8-17-14)10-11-4-5-13(16)12(15)9-11/h4-5,9,17H,2-3,6-8,10H2,1H3. The Morgan fingerprint density at radius 1 is 1.47 bits per heavy atom. The molecule has 94 valence electrons. The molecule has 1 N–H and O–H groups in total. The Bertz CT molecular complexity index is 386. The van der Waals surface area contributed by atoms with Gasteiger partial charge in [0.2, 0.25) is 0 Å². The molecule has 1 atom stereocenters. The molecule has 0 aliphatic carbocycles. The van der Waals surface area contributed by atoms with Gasteiger partial charge < -0.3 is 5.32 Å². The minimum atomic E-state index is -0.183. The highest BCUT2D eigenvalue weighted by molar-refractivity contribution is 9.10. The molecule has 0 aromatic heterocycles. The van der Waals surface area contributed by atoms with E-state index in [4.69, 9.17) is 0 Å². The quantitative estimate of drug-likeness (QED) is 0.884. The third-order valence-corrected chi connectivity index (χ3v) is 4.19. The van der Waals surface area contributed by atoms with E-state index in [9.17, 15) is 4.39 Å². The van der Waals surface area contributed by atoms with Crippen molar-refractivity contribution in [1.82, 2.24) is 5.32 Å². The van der Waals surface area contributed by atoms with Crippen LogP contribution in [-0.2, 0) is 6.42 Å². The van der Waals surface area contributed by atoms with Crippen LogP contribution in [0.3, 0.4) is 0 Å². The molecule has 0 bridgehead atoms. The lowest BCUT2D eigenvalue weighted by Gasteiger charge is -2.29. The number of halogens is 2. The molecule has 0 saturated carbocycles. The van der Waals surface area contributed by atoms with Gasteiger partial charge in [-0.05, 0) is 65.9 Å². The molecule has 0 radical (unpaired) electrons. The van der Waals surface area contributed by atoms with Gasteiger partial charge in [0.15, 0.2) is 0 Å². The Hall–Kier alpha value is -0.410. The summed E-state index contributed by atoms with van der Waals surface area (Å²) in [6.45, 7) is 3.34. The highest BCUT2D eigenvalue weighted by Gasteiger charge is 2.32. The van der Waals surface area contributed by atoms with E-state index < -0.39 is 0 Å². The van der Waals surface area contributed by atoms with Crippen LogP contribution in [0.25, 0.3) is 0 Å². The zero-order chi connectivity index (χ0) is 12.3. The van der Waals surface area contributed by atoms with E-state index in [-0.39, 0.29) is 11.4 Å². The van der Waals surface area contributed by atoms with Crippen molar-refractivity contribution in [3.05, 3.63) is 34.1 Å². The number of nitrogens with one attached hydrogen (secondary N) is 1. The zero-order valence-electron chi connectivity index (χ0n) is 10.2. The van der Waals surface area contributed by atoms with Gasteiger partial charge in [0.05, 0.1) is 4.47 Å². The number of rotatable bonds is 4. The maximum Gasteiger partial charge on any atom is 0.137 e. The van der Waals surface area contributed by atoms with Crippen molar-refractivity contribution in [1.29, 1.82) is 0 Å². The Balaban J connectivity index is 2.14. The summed E-state index contributed by atoms with van der Waals surface area (Å²) in [5, 5.41) is 3.64. The normalized spacial score (nSPS) is 24.2. The fourth-order valence-electron chi connectivity index (χ4n) is 2.84. The molecule has 2 rings (SSSR count). The van der Waals surface area contributed by atoms with E-state index >= 15 is 0 Å². The minimum Gasteiger partial charge on any atom is -0.311 e. The summed E-state index contributed by atoms with van der Waals surface area (Å²) in [7, 11) is 0. The summed E-state index contributed by atoms with van der Waals surface area (Å²) in [6.07, 6.45) is 5.87. The first kappa shape index (κ1) is 13.0. The van der Waals surface area contributed by atoms with E-state index in [0.717, 1.165) is 13.0 Å². The number of benzene rings is 1. The average Bonchev–Trinajstić information content (AvgIpc) is 2.73. The summed E-state index contributed by atoms with van der Waals surface area (Å²) in [5.41, 5.74) is 1.45. The van der Waals surface area contributed by atoms with Crippen molar-refractivity contribution in [2.75, 3.05) is 6.54 Å². The van der Waals surface area contributed by atoms with Gasteiger partial charge in [-0.1, -0.05) is 19.4 Å². The van der Waals surface area contributed by atoms with Crippen molar-refractivity contribution >= 4 is 15.9 Å². The Morgan fingerprint density at radius 2 is 2.29 bits per heavy atom. The maximum atomic E-state index is 13.2. The fraction of sp³-hybridized carbons (Fsp3) is 0.571. The van der Waals surface area contributed by atoms with Crippen LogP contribution < -0.4 is 5.32 Å². The van der Waals surface area contributed by atoms with E-state index in [1.807, 2.05) is 12.1 Å². The second-order valence-electron chi connectivity index (χ2n) is 4.99. The van der Waals surface area contributed by atoms with Crippen LogP contribution in [0.4, 0.5) is 4.39 Å². The Labute approximate surface area is 111 Å². The molecule has 1 aliphatic rings. The highest BCUT2D eigenvalue weighted by atomic mass is 79.9. The van der Waals surface area contributed by atoms with Crippen LogP contribution in [0, 0.1) is 5.82 Å². The van der Waals surface area contributed by atoms with Gasteiger partial charge in [-0.2, -0.15) is 0 Å². The van der Waals surface area contributed by atoms with Crippen LogP contribution >= 0.6 is 15.9 Å². The predicted octanol–water partition coefficient (Wildman–Crippen LogP) is 4.05. The van der Waals surface area contributed by atoms with Crippen molar-refractivity contribution in [3.63, 3.8) is 0 Å². The van der Waals surface area contributed by atoms with Crippen molar-refractivity contribution in [3.8, 4) is 0 Å². The van der Waals surface area contributed by atoms with Gasteiger partial charge in [-0.15, -0.1) is 0 Å². The molecule has 0 spiro atoms. The van der Waals surface area contributed by atoms with E-state index in [1.54, 1.807) is 6.07 Å². The molecule has 1 fully saturated rings. The topological polar surface area (TPSA) is 12.0 Å². The van der Waals surface area contributed by atoms with Crippen LogP contribution in [0.5, 0.6) is 0 Å². The maximum absolute atomic E-state index is 13.2.